The first-order chi connectivity index (χ1) is 11.7. The minimum absolute atomic E-state index is 0.158. The van der Waals surface area contributed by atoms with Gasteiger partial charge in [0.2, 0.25) is 0 Å². The van der Waals surface area contributed by atoms with Crippen molar-refractivity contribution in [2.24, 2.45) is 28.8 Å². The zero-order valence-electron chi connectivity index (χ0n) is 13.6. The van der Waals surface area contributed by atoms with Crippen molar-refractivity contribution in [2.45, 2.75) is 19.8 Å². The third-order valence-electron chi connectivity index (χ3n) is 5.27. The molecule has 4 aliphatic rings. The fraction of sp³-hybridized carbons (Fsp3) is 0.421. The van der Waals surface area contributed by atoms with Crippen LogP contribution in [0.25, 0.3) is 0 Å². The van der Waals surface area contributed by atoms with Crippen LogP contribution in [0.5, 0.6) is 5.75 Å². The predicted octanol–water partition coefficient (Wildman–Crippen LogP) is 2.62. The highest BCUT2D eigenvalue weighted by molar-refractivity contribution is 6.06. The summed E-state index contributed by atoms with van der Waals surface area (Å²) in [5, 5.41) is 5.30. The van der Waals surface area contributed by atoms with Crippen molar-refractivity contribution in [1.82, 2.24) is 5.01 Å². The number of benzene rings is 1. The van der Waals surface area contributed by atoms with E-state index in [1.165, 1.54) is 0 Å². The van der Waals surface area contributed by atoms with Crippen LogP contribution < -0.4 is 4.74 Å². The van der Waals surface area contributed by atoms with Gasteiger partial charge in [-0.1, -0.05) is 24.3 Å². The van der Waals surface area contributed by atoms with E-state index in [1.54, 1.807) is 6.21 Å². The van der Waals surface area contributed by atoms with Gasteiger partial charge in [-0.3, -0.25) is 9.59 Å². The second-order valence-electron chi connectivity index (χ2n) is 6.55. The topological polar surface area (TPSA) is 59.0 Å². The Bertz CT molecular complexity index is 708. The number of rotatable bonds is 4. The molecule has 0 radical (unpaired) electrons. The summed E-state index contributed by atoms with van der Waals surface area (Å²) in [5.41, 5.74) is 0.760. The number of fused-ring (bicyclic) bond motifs is 1. The zero-order chi connectivity index (χ0) is 16.7. The lowest BCUT2D eigenvalue weighted by Gasteiger charge is -2.37. The number of hydrogen-bond acceptors (Lipinski definition) is 4. The van der Waals surface area contributed by atoms with Gasteiger partial charge in [0.25, 0.3) is 11.8 Å². The summed E-state index contributed by atoms with van der Waals surface area (Å²) in [6, 6.07) is 7.47. The molecule has 0 N–H and O–H groups in total. The number of hydrogen-bond donors (Lipinski definition) is 0. The Morgan fingerprint density at radius 2 is 1.75 bits per heavy atom. The first kappa shape index (κ1) is 15.1. The molecule has 1 aromatic rings. The molecule has 0 aromatic heterocycles. The average molecular weight is 324 g/mol. The highest BCUT2D eigenvalue weighted by atomic mass is 16.5. The van der Waals surface area contributed by atoms with Crippen molar-refractivity contribution in [3.8, 4) is 5.75 Å². The van der Waals surface area contributed by atoms with Gasteiger partial charge in [-0.05, 0) is 43.7 Å². The van der Waals surface area contributed by atoms with Gasteiger partial charge >= 0.3 is 0 Å². The highest BCUT2D eigenvalue weighted by Gasteiger charge is 2.56. The van der Waals surface area contributed by atoms with Crippen molar-refractivity contribution < 1.29 is 14.3 Å². The van der Waals surface area contributed by atoms with E-state index in [-0.39, 0.29) is 35.5 Å². The Hall–Kier alpha value is -2.43. The molecule has 1 aliphatic heterocycles. The standard InChI is InChI=1S/C19H20N2O3/c1-2-24-15-6-4-3-5-14(15)11-20-21-18(22)16-12-7-8-13(10-9-12)17(16)19(21)23/h3-8,11-13,16-17H,2,9-10H2,1H3. The molecular weight excluding hydrogens is 304 g/mol. The van der Waals surface area contributed by atoms with Crippen molar-refractivity contribution in [1.29, 1.82) is 0 Å². The summed E-state index contributed by atoms with van der Waals surface area (Å²) in [7, 11) is 0. The molecule has 5 nitrogen and oxygen atoms in total. The Labute approximate surface area is 141 Å². The molecule has 5 rings (SSSR count). The van der Waals surface area contributed by atoms with Crippen molar-refractivity contribution in [3.63, 3.8) is 0 Å². The minimum atomic E-state index is -0.222. The Morgan fingerprint density at radius 1 is 1.12 bits per heavy atom. The maximum absolute atomic E-state index is 12.7. The molecule has 24 heavy (non-hydrogen) atoms. The molecular formula is C19H20N2O3. The van der Waals surface area contributed by atoms with Crippen molar-refractivity contribution in [2.75, 3.05) is 6.61 Å². The van der Waals surface area contributed by atoms with Gasteiger partial charge in [0.15, 0.2) is 0 Å². The number of amides is 2. The molecule has 2 bridgehead atoms. The summed E-state index contributed by atoms with van der Waals surface area (Å²) in [4.78, 5) is 25.4. The van der Waals surface area contributed by atoms with Crippen molar-refractivity contribution >= 4 is 18.0 Å². The monoisotopic (exact) mass is 324 g/mol. The maximum atomic E-state index is 12.7. The fourth-order valence-corrected chi connectivity index (χ4v) is 4.17. The molecule has 4 atom stereocenters. The highest BCUT2D eigenvalue weighted by Crippen LogP contribution is 2.49. The van der Waals surface area contributed by atoms with Gasteiger partial charge in [0.05, 0.1) is 24.7 Å². The number of nitrogens with zero attached hydrogens (tertiary/aromatic N) is 2. The number of hydrazone groups is 1. The normalized spacial score (nSPS) is 31.1. The summed E-state index contributed by atoms with van der Waals surface area (Å²) in [6.07, 6.45) is 7.75. The van der Waals surface area contributed by atoms with Crippen LogP contribution in [0.1, 0.15) is 25.3 Å². The molecule has 3 aliphatic carbocycles. The van der Waals surface area contributed by atoms with Gasteiger partial charge in [0.1, 0.15) is 5.75 Å². The third-order valence-corrected chi connectivity index (χ3v) is 5.27. The van der Waals surface area contributed by atoms with Crippen LogP contribution in [0.3, 0.4) is 0 Å². The van der Waals surface area contributed by atoms with E-state index in [4.69, 9.17) is 4.74 Å². The van der Waals surface area contributed by atoms with Gasteiger partial charge < -0.3 is 4.74 Å². The molecule has 124 valence electrons. The van der Waals surface area contributed by atoms with Crippen LogP contribution in [-0.4, -0.2) is 29.6 Å². The molecule has 1 aromatic carbocycles. The summed E-state index contributed by atoms with van der Waals surface area (Å²) in [5.74, 6) is 0.311. The van der Waals surface area contributed by atoms with Crippen LogP contribution in [-0.2, 0) is 9.59 Å². The van der Waals surface area contributed by atoms with Gasteiger partial charge in [-0.25, -0.2) is 0 Å². The van der Waals surface area contributed by atoms with E-state index in [0.29, 0.717) is 12.4 Å². The molecule has 5 heteroatoms. The summed E-state index contributed by atoms with van der Waals surface area (Å²) >= 11 is 0. The third kappa shape index (κ3) is 2.27. The second-order valence-corrected chi connectivity index (χ2v) is 6.55. The van der Waals surface area contributed by atoms with E-state index in [1.807, 2.05) is 31.2 Å². The van der Waals surface area contributed by atoms with Gasteiger partial charge in [-0.2, -0.15) is 10.1 Å². The SMILES string of the molecule is CCOc1ccccc1C=NN1C(=O)C2C3C=CC(CC3)C2C1=O. The first-order valence-corrected chi connectivity index (χ1v) is 8.52. The molecule has 1 heterocycles. The second kappa shape index (κ2) is 5.89. The Balaban J connectivity index is 1.60. The van der Waals surface area contributed by atoms with Crippen LogP contribution >= 0.6 is 0 Å². The Kier molecular flexibility index (Phi) is 3.71. The number of carbonyl (C=O) groups excluding carboxylic acids is 2. The van der Waals surface area contributed by atoms with Gasteiger partial charge in [-0.15, -0.1) is 0 Å². The van der Waals surface area contributed by atoms with Crippen LogP contribution in [0.15, 0.2) is 41.5 Å². The van der Waals surface area contributed by atoms with E-state index < -0.39 is 0 Å². The van der Waals surface area contributed by atoms with E-state index in [9.17, 15) is 9.59 Å². The minimum Gasteiger partial charge on any atom is -0.493 e. The predicted molar refractivity (Wildman–Crippen MR) is 89.4 cm³/mol. The summed E-state index contributed by atoms with van der Waals surface area (Å²) < 4.78 is 5.55. The van der Waals surface area contributed by atoms with E-state index >= 15 is 0 Å². The van der Waals surface area contributed by atoms with E-state index in [0.717, 1.165) is 23.4 Å². The fourth-order valence-electron chi connectivity index (χ4n) is 4.17. The number of carbonyl (C=O) groups is 2. The lowest BCUT2D eigenvalue weighted by molar-refractivity contribution is -0.140. The molecule has 4 unspecified atom stereocenters. The molecule has 2 amide bonds. The zero-order valence-corrected chi connectivity index (χ0v) is 13.6. The average Bonchev–Trinajstić information content (AvgIpc) is 2.89. The first-order valence-electron chi connectivity index (χ1n) is 8.52. The van der Waals surface area contributed by atoms with Crippen LogP contribution in [0, 0.1) is 23.7 Å². The van der Waals surface area contributed by atoms with Crippen LogP contribution in [0.4, 0.5) is 0 Å². The molecule has 0 spiro atoms. The van der Waals surface area contributed by atoms with E-state index in [2.05, 4.69) is 17.3 Å². The quantitative estimate of drug-likeness (QED) is 0.486. The molecule has 1 saturated carbocycles. The van der Waals surface area contributed by atoms with Crippen LogP contribution in [0.2, 0.25) is 0 Å². The number of para-hydroxylation sites is 1. The number of ether oxygens (including phenoxy) is 1. The van der Waals surface area contributed by atoms with Crippen molar-refractivity contribution in [3.05, 3.63) is 42.0 Å². The largest absolute Gasteiger partial charge is 0.493 e. The van der Waals surface area contributed by atoms with Gasteiger partial charge in [0, 0.05) is 5.56 Å². The number of allylic oxidation sites excluding steroid dienone is 2. The lowest BCUT2D eigenvalue weighted by atomic mass is 9.63. The molecule has 2 fully saturated rings. The smallest absolute Gasteiger partial charge is 0.254 e. The maximum Gasteiger partial charge on any atom is 0.254 e. The molecule has 1 saturated heterocycles. The summed E-state index contributed by atoms with van der Waals surface area (Å²) in [6.45, 7) is 2.46. The number of imide groups is 1. The Morgan fingerprint density at radius 3 is 2.33 bits per heavy atom. The lowest BCUT2D eigenvalue weighted by Crippen LogP contribution is -2.38.